The average molecular weight is 437 g/mol. The normalized spacial score (nSPS) is 12.6. The predicted octanol–water partition coefficient (Wildman–Crippen LogP) is 3.43. The Hall–Kier alpha value is -2.52. The maximum atomic E-state index is 12.0. The van der Waals surface area contributed by atoms with Crippen molar-refractivity contribution in [2.24, 2.45) is 0 Å². The van der Waals surface area contributed by atoms with Gasteiger partial charge in [0, 0.05) is 4.88 Å². The number of aliphatic carboxylic acids is 1. The highest BCUT2D eigenvalue weighted by Crippen LogP contribution is 2.18. The summed E-state index contributed by atoms with van der Waals surface area (Å²) in [6.45, 7) is 1.98. The van der Waals surface area contributed by atoms with Gasteiger partial charge in [0.2, 0.25) is 5.91 Å². The predicted molar refractivity (Wildman–Crippen MR) is 114 cm³/mol. The molecule has 7 nitrogen and oxygen atoms in total. The first-order valence-corrected chi connectivity index (χ1v) is 11.1. The summed E-state index contributed by atoms with van der Waals surface area (Å²) in [5.74, 6) is -0.618. The van der Waals surface area contributed by atoms with Crippen molar-refractivity contribution in [2.45, 2.75) is 32.0 Å². The fourth-order valence-electron chi connectivity index (χ4n) is 2.42. The summed E-state index contributed by atoms with van der Waals surface area (Å²) in [4.78, 5) is 36.3. The van der Waals surface area contributed by atoms with Crippen LogP contribution in [0.25, 0.3) is 0 Å². The molecule has 1 aromatic carbocycles. The van der Waals surface area contributed by atoms with E-state index in [4.69, 9.17) is 4.74 Å². The second-order valence-corrected chi connectivity index (χ2v) is 8.33. The molecule has 0 saturated carbocycles. The molecule has 3 N–H and O–H groups in total. The van der Waals surface area contributed by atoms with Crippen LogP contribution in [0, 0.1) is 0 Å². The van der Waals surface area contributed by atoms with E-state index >= 15 is 0 Å². The van der Waals surface area contributed by atoms with Gasteiger partial charge in [0.1, 0.15) is 12.6 Å². The molecule has 0 fully saturated rings. The van der Waals surface area contributed by atoms with Gasteiger partial charge >= 0.3 is 12.1 Å². The van der Waals surface area contributed by atoms with Crippen LogP contribution in [0.1, 0.15) is 29.8 Å². The minimum absolute atomic E-state index is 0.0593. The molecule has 0 saturated heterocycles. The van der Waals surface area contributed by atoms with Crippen LogP contribution in [-0.2, 0) is 20.9 Å². The Morgan fingerprint density at radius 3 is 2.55 bits per heavy atom. The molecular formula is C20H24N2O5S2. The van der Waals surface area contributed by atoms with Crippen molar-refractivity contribution in [2.75, 3.05) is 11.5 Å². The molecule has 0 aliphatic heterocycles. The molecule has 2 amide bonds. The van der Waals surface area contributed by atoms with Crippen molar-refractivity contribution in [3.63, 3.8) is 0 Å². The molecule has 2 unspecified atom stereocenters. The van der Waals surface area contributed by atoms with Crippen LogP contribution in [0.3, 0.4) is 0 Å². The number of ether oxygens (including phenoxy) is 1. The highest BCUT2D eigenvalue weighted by Gasteiger charge is 2.20. The molecule has 0 spiro atoms. The Morgan fingerprint density at radius 2 is 1.90 bits per heavy atom. The summed E-state index contributed by atoms with van der Waals surface area (Å²) in [7, 11) is 0. The minimum Gasteiger partial charge on any atom is -0.480 e. The zero-order valence-electron chi connectivity index (χ0n) is 16.0. The monoisotopic (exact) mass is 436 g/mol. The number of hydrogen-bond acceptors (Lipinski definition) is 6. The number of nitrogens with one attached hydrogen (secondary N) is 2. The molecule has 2 atom stereocenters. The van der Waals surface area contributed by atoms with Crippen molar-refractivity contribution in [3.05, 3.63) is 58.3 Å². The quantitative estimate of drug-likeness (QED) is 0.466. The van der Waals surface area contributed by atoms with Crippen LogP contribution in [0.5, 0.6) is 0 Å². The molecule has 2 rings (SSSR count). The number of carboxylic acids is 1. The molecule has 9 heteroatoms. The van der Waals surface area contributed by atoms with Gasteiger partial charge in [0.15, 0.2) is 0 Å². The van der Waals surface area contributed by atoms with E-state index in [2.05, 4.69) is 10.6 Å². The lowest BCUT2D eigenvalue weighted by molar-refractivity contribution is -0.139. The number of rotatable bonds is 11. The van der Waals surface area contributed by atoms with Crippen LogP contribution < -0.4 is 10.6 Å². The number of carbonyl (C=O) groups is 3. The lowest BCUT2D eigenvalue weighted by atomic mass is 10.2. The fourth-order valence-corrected chi connectivity index (χ4v) is 3.97. The van der Waals surface area contributed by atoms with Gasteiger partial charge in [-0.3, -0.25) is 4.79 Å². The van der Waals surface area contributed by atoms with E-state index in [1.54, 1.807) is 11.3 Å². The molecule has 156 valence electrons. The van der Waals surface area contributed by atoms with Gasteiger partial charge in [0.05, 0.1) is 11.8 Å². The number of thiophene rings is 1. The van der Waals surface area contributed by atoms with Crippen LogP contribution in [-0.4, -0.2) is 40.6 Å². The number of benzene rings is 1. The van der Waals surface area contributed by atoms with E-state index < -0.39 is 18.1 Å². The Morgan fingerprint density at radius 1 is 1.14 bits per heavy atom. The lowest BCUT2D eigenvalue weighted by Gasteiger charge is -2.15. The van der Waals surface area contributed by atoms with Crippen molar-refractivity contribution in [1.82, 2.24) is 10.6 Å². The Labute approximate surface area is 177 Å². The Balaban J connectivity index is 1.66. The highest BCUT2D eigenvalue weighted by molar-refractivity contribution is 7.99. The fraction of sp³-hybridized carbons (Fsp3) is 0.350. The van der Waals surface area contributed by atoms with Crippen LogP contribution in [0.4, 0.5) is 4.79 Å². The van der Waals surface area contributed by atoms with Crippen LogP contribution in [0.2, 0.25) is 0 Å². The lowest BCUT2D eigenvalue weighted by Crippen LogP contribution is -2.41. The first-order valence-electron chi connectivity index (χ1n) is 9.06. The summed E-state index contributed by atoms with van der Waals surface area (Å²) in [6, 6.07) is 11.9. The summed E-state index contributed by atoms with van der Waals surface area (Å²) in [6.07, 6.45) is -0.595. The number of alkyl carbamates (subject to hydrolysis) is 1. The number of carbonyl (C=O) groups excluding carboxylic acids is 2. The van der Waals surface area contributed by atoms with E-state index in [9.17, 15) is 19.5 Å². The van der Waals surface area contributed by atoms with Gasteiger partial charge in [-0.05, 0) is 36.1 Å². The third-order valence-corrected chi connectivity index (χ3v) is 5.98. The summed E-state index contributed by atoms with van der Waals surface area (Å²) >= 11 is 2.90. The van der Waals surface area contributed by atoms with E-state index in [0.717, 1.165) is 10.4 Å². The van der Waals surface area contributed by atoms with Gasteiger partial charge in [-0.25, -0.2) is 9.59 Å². The maximum Gasteiger partial charge on any atom is 0.408 e. The first-order chi connectivity index (χ1) is 14.0. The first kappa shape index (κ1) is 22.8. The summed E-state index contributed by atoms with van der Waals surface area (Å²) in [5, 5.41) is 16.5. The number of hydrogen-bond donors (Lipinski definition) is 3. The SMILES string of the molecule is CC(NC(=O)CSCCC(NC(=O)OCc1ccccc1)C(=O)O)c1cccs1. The maximum absolute atomic E-state index is 12.0. The van der Waals surface area contributed by atoms with E-state index in [0.29, 0.717) is 5.75 Å². The Bertz CT molecular complexity index is 783. The van der Waals surface area contributed by atoms with Gasteiger partial charge in [0.25, 0.3) is 0 Å². The third-order valence-electron chi connectivity index (χ3n) is 3.93. The zero-order chi connectivity index (χ0) is 21.1. The smallest absolute Gasteiger partial charge is 0.408 e. The number of carboxylic acid groups (broad SMARTS) is 1. The Kier molecular flexibility index (Phi) is 9.52. The van der Waals surface area contributed by atoms with Crippen LogP contribution >= 0.6 is 23.1 Å². The van der Waals surface area contributed by atoms with E-state index in [1.807, 2.05) is 54.8 Å². The zero-order valence-corrected chi connectivity index (χ0v) is 17.6. The van der Waals surface area contributed by atoms with Crippen molar-refractivity contribution in [1.29, 1.82) is 0 Å². The largest absolute Gasteiger partial charge is 0.480 e. The molecular weight excluding hydrogens is 412 g/mol. The van der Waals surface area contributed by atoms with E-state index in [-0.39, 0.29) is 30.7 Å². The number of amides is 2. The summed E-state index contributed by atoms with van der Waals surface area (Å²) in [5.41, 5.74) is 0.813. The minimum atomic E-state index is -1.14. The molecule has 0 aliphatic rings. The van der Waals surface area contributed by atoms with Gasteiger partial charge < -0.3 is 20.5 Å². The summed E-state index contributed by atoms with van der Waals surface area (Å²) < 4.78 is 5.05. The second kappa shape index (κ2) is 12.1. The van der Waals surface area contributed by atoms with Crippen molar-refractivity contribution >= 4 is 41.1 Å². The molecule has 0 aliphatic carbocycles. The van der Waals surface area contributed by atoms with Crippen molar-refractivity contribution < 1.29 is 24.2 Å². The van der Waals surface area contributed by atoms with Gasteiger partial charge in [-0.15, -0.1) is 11.3 Å². The standard InChI is InChI=1S/C20H24N2O5S2/c1-14(17-8-5-10-29-17)21-18(23)13-28-11-9-16(19(24)25)22-20(26)27-12-15-6-3-2-4-7-15/h2-8,10,14,16H,9,11-13H2,1H3,(H,21,23)(H,22,26)(H,24,25). The van der Waals surface area contributed by atoms with E-state index in [1.165, 1.54) is 11.8 Å². The van der Waals surface area contributed by atoms with Crippen molar-refractivity contribution in [3.8, 4) is 0 Å². The van der Waals surface area contributed by atoms with Crippen LogP contribution in [0.15, 0.2) is 47.8 Å². The molecule has 2 aromatic rings. The molecule has 1 heterocycles. The third kappa shape index (κ3) is 8.57. The topological polar surface area (TPSA) is 105 Å². The van der Waals surface area contributed by atoms with Gasteiger partial charge in [-0.1, -0.05) is 36.4 Å². The molecule has 1 aromatic heterocycles. The molecule has 0 bridgehead atoms. The molecule has 29 heavy (non-hydrogen) atoms. The second-order valence-electron chi connectivity index (χ2n) is 6.24. The highest BCUT2D eigenvalue weighted by atomic mass is 32.2. The molecule has 0 radical (unpaired) electrons. The van der Waals surface area contributed by atoms with Gasteiger partial charge in [-0.2, -0.15) is 11.8 Å². The number of thioether (sulfide) groups is 1. The average Bonchev–Trinajstić information content (AvgIpc) is 3.24.